The summed E-state index contributed by atoms with van der Waals surface area (Å²) in [6, 6.07) is 161. The van der Waals surface area contributed by atoms with Gasteiger partial charge in [0.25, 0.3) is 0 Å². The average Bonchev–Trinajstić information content (AvgIpc) is 0.688. The second-order valence-electron chi connectivity index (χ2n) is 30.4. The summed E-state index contributed by atoms with van der Waals surface area (Å²) >= 11 is 0. The first-order valence-electron chi connectivity index (χ1n) is 44.6. The van der Waals surface area contributed by atoms with Crippen LogP contribution in [0.25, 0.3) is 172 Å². The zero-order valence-electron chi connectivity index (χ0n) is 74.8. The smallest absolute Gasteiger partial charge is 0.00112 e. The van der Waals surface area contributed by atoms with Crippen molar-refractivity contribution in [1.29, 1.82) is 0 Å². The quantitative estimate of drug-likeness (QED) is 0.105. The van der Waals surface area contributed by atoms with Crippen molar-refractivity contribution in [2.75, 3.05) is 0 Å². The van der Waals surface area contributed by atoms with Crippen LogP contribution in [0.4, 0.5) is 0 Å². The Balaban J connectivity index is 0.000000124. The van der Waals surface area contributed by atoms with Crippen LogP contribution in [0.2, 0.25) is 0 Å². The van der Waals surface area contributed by atoms with Gasteiger partial charge in [0.15, 0.2) is 0 Å². The number of rotatable bonds is 0. The molecule has 0 N–H and O–H groups in total. The SMILES string of the molecule is CC.CC.CC.CC.Cc1cc2ccc3ccc4ccc5ccc6ccc1c1c6c5c4c3c21.Cc1ccccc1.Cc1ccccc1.Cc1ccccc1.Cc1ccccc1.c1ccc2c(c1)c1ccccc1c1ccccc21.c1ccc2c(c1)ccc1ccccc12.c1ccc2cc3c4ccccc4c4ccccc4c3cc2c1.c1ccc2ccccc2c1. The molecule has 0 saturated heterocycles. The maximum atomic E-state index is 2.36. The Bertz CT molecular complexity index is 7010. The minimum absolute atomic E-state index is 1.30. The van der Waals surface area contributed by atoms with Gasteiger partial charge < -0.3 is 0 Å². The first kappa shape index (κ1) is 88.2. The fourth-order valence-corrected chi connectivity index (χ4v) is 16.8. The largest absolute Gasteiger partial charge is 0.0683 e. The Hall–Kier alpha value is -14.6. The van der Waals surface area contributed by atoms with Gasteiger partial charge in [0.05, 0.1) is 0 Å². The molecule has 0 atom stereocenters. The summed E-state index contributed by atoms with van der Waals surface area (Å²) < 4.78 is 0. The van der Waals surface area contributed by atoms with Gasteiger partial charge in [-0.25, -0.2) is 0 Å². The van der Waals surface area contributed by atoms with E-state index in [-0.39, 0.29) is 0 Å². The number of aryl methyl sites for hydroxylation is 5. The van der Waals surface area contributed by atoms with Gasteiger partial charge in [-0.15, -0.1) is 0 Å². The molecule has 0 fully saturated rings. The lowest BCUT2D eigenvalue weighted by Crippen LogP contribution is -1.93. The molecule has 25 aromatic rings. The second-order valence-corrected chi connectivity index (χ2v) is 30.4. The predicted octanol–water partition coefficient (Wildman–Crippen LogP) is 37.6. The van der Waals surface area contributed by atoms with Gasteiger partial charge in [-0.05, 0) is 225 Å². The molecule has 0 bridgehead atoms. The summed E-state index contributed by atoms with van der Waals surface area (Å²) in [6.45, 7) is 26.6. The van der Waals surface area contributed by atoms with E-state index >= 15 is 0 Å². The molecule has 0 spiro atoms. The maximum absolute atomic E-state index is 2.36. The molecular formula is C125H114. The van der Waals surface area contributed by atoms with Gasteiger partial charge in [-0.2, -0.15) is 0 Å². The number of hydrogen-bond acceptors (Lipinski definition) is 0. The van der Waals surface area contributed by atoms with Crippen LogP contribution in [0.1, 0.15) is 83.2 Å². The van der Waals surface area contributed by atoms with Crippen molar-refractivity contribution in [2.24, 2.45) is 0 Å². The highest BCUT2D eigenvalue weighted by atomic mass is 14.2. The van der Waals surface area contributed by atoms with E-state index in [1.165, 1.54) is 200 Å². The molecule has 0 amide bonds. The van der Waals surface area contributed by atoms with Crippen LogP contribution in [0.3, 0.4) is 0 Å². The second kappa shape index (κ2) is 43.8. The molecule has 0 nitrogen and oxygen atoms in total. The standard InChI is InChI=1S/C25H14.C22H14.C18H12.C14H10.C10H8.4C7H8.4C2H6/c1-13-12-18-9-8-16-5-3-14-2-4-15-6-7-17-10-11-19(13)25-23(17)21(15)20(14)22(16)24(18)25;1-2-8-16-14-22-20-12-6-4-10-18(20)17-9-3-5-11-19(17)21(22)13-15(16)7-1;1-2-8-14-13(7-1)15-9-3-4-11-17(15)18-12-6-5-10-16(14)18;1-3-7-13-11(5-1)9-10-12-6-2-4-8-14(12)13;1-2-6-10-8-4-3-7-9(10)5-1;4*1-7-5-3-2-4-6-7;4*1-2/h2-12H,1H3;1-14H;1-12H;1-10H;1-8H;4*2-6H,1H3;4*1-2H3. The molecule has 0 aliphatic rings. The minimum atomic E-state index is 1.30. The van der Waals surface area contributed by atoms with Gasteiger partial charge in [-0.3, -0.25) is 0 Å². The van der Waals surface area contributed by atoms with Crippen molar-refractivity contribution in [3.05, 3.63) is 483 Å². The zero-order chi connectivity index (χ0) is 87.4. The van der Waals surface area contributed by atoms with Crippen LogP contribution >= 0.6 is 0 Å². The molecule has 0 aliphatic carbocycles. The lowest BCUT2D eigenvalue weighted by Gasteiger charge is -2.21. The molecule has 25 rings (SSSR count). The topological polar surface area (TPSA) is 0 Å². The summed E-state index contributed by atoms with van der Waals surface area (Å²) in [5.41, 5.74) is 6.65. The molecule has 614 valence electrons. The Morgan fingerprint density at radius 3 is 0.528 bits per heavy atom. The first-order valence-corrected chi connectivity index (χ1v) is 44.6. The third kappa shape index (κ3) is 20.3. The van der Waals surface area contributed by atoms with Crippen LogP contribution in [-0.4, -0.2) is 0 Å². The lowest BCUT2D eigenvalue weighted by atomic mass is 9.82. The Morgan fingerprint density at radius 1 is 0.104 bits per heavy atom. The Labute approximate surface area is 740 Å². The highest BCUT2D eigenvalue weighted by Gasteiger charge is 2.21. The molecule has 0 saturated carbocycles. The number of fused-ring (bicyclic) bond motifs is 17. The van der Waals surface area contributed by atoms with Gasteiger partial charge in [0.1, 0.15) is 0 Å². The van der Waals surface area contributed by atoms with Gasteiger partial charge in [0.2, 0.25) is 0 Å². The maximum Gasteiger partial charge on any atom is -0.00112 e. The Morgan fingerprint density at radius 2 is 0.280 bits per heavy atom. The molecule has 0 unspecified atom stereocenters. The molecule has 0 aromatic heterocycles. The van der Waals surface area contributed by atoms with Crippen molar-refractivity contribution in [1.82, 2.24) is 0 Å². The highest BCUT2D eigenvalue weighted by molar-refractivity contribution is 6.45. The van der Waals surface area contributed by atoms with Crippen LogP contribution in [0.5, 0.6) is 0 Å². The summed E-state index contributed by atoms with van der Waals surface area (Å²) in [6.07, 6.45) is 0. The van der Waals surface area contributed by atoms with Crippen molar-refractivity contribution in [2.45, 2.75) is 90.0 Å². The molecule has 25 aromatic carbocycles. The monoisotopic (exact) mass is 1610 g/mol. The molecular weight excluding hydrogens is 1500 g/mol. The lowest BCUT2D eigenvalue weighted by molar-refractivity contribution is 1.48. The predicted molar refractivity (Wildman–Crippen MR) is 561 cm³/mol. The van der Waals surface area contributed by atoms with Crippen molar-refractivity contribution in [3.63, 3.8) is 0 Å². The van der Waals surface area contributed by atoms with E-state index in [4.69, 9.17) is 0 Å². The van der Waals surface area contributed by atoms with Crippen molar-refractivity contribution >= 4 is 172 Å². The van der Waals surface area contributed by atoms with E-state index in [9.17, 15) is 0 Å². The minimum Gasteiger partial charge on any atom is -0.0683 e. The van der Waals surface area contributed by atoms with E-state index in [1.807, 2.05) is 128 Å². The van der Waals surface area contributed by atoms with Crippen LogP contribution in [0, 0.1) is 34.6 Å². The Kier molecular flexibility index (Phi) is 30.9. The third-order valence-electron chi connectivity index (χ3n) is 22.5. The van der Waals surface area contributed by atoms with Crippen molar-refractivity contribution in [3.8, 4) is 0 Å². The summed E-state index contributed by atoms with van der Waals surface area (Å²) in [5, 5.41) is 43.4. The third-order valence-corrected chi connectivity index (χ3v) is 22.5. The molecule has 0 aliphatic heterocycles. The first-order chi connectivity index (χ1) is 61.7. The fraction of sp³-hybridized carbons (Fsp3) is 0.104. The summed E-state index contributed by atoms with van der Waals surface area (Å²) in [7, 11) is 0. The summed E-state index contributed by atoms with van der Waals surface area (Å²) in [4.78, 5) is 0. The van der Waals surface area contributed by atoms with E-state index < -0.39 is 0 Å². The molecule has 125 heavy (non-hydrogen) atoms. The van der Waals surface area contributed by atoms with Crippen LogP contribution in [-0.2, 0) is 0 Å². The van der Waals surface area contributed by atoms with Gasteiger partial charge in [0, 0.05) is 0 Å². The molecule has 0 radical (unpaired) electrons. The summed E-state index contributed by atoms with van der Waals surface area (Å²) in [5.74, 6) is 0. The highest BCUT2D eigenvalue weighted by Crippen LogP contribution is 2.49. The number of benzene rings is 25. The van der Waals surface area contributed by atoms with Gasteiger partial charge in [-0.1, -0.05) is 520 Å². The van der Waals surface area contributed by atoms with Crippen LogP contribution in [0.15, 0.2) is 455 Å². The van der Waals surface area contributed by atoms with E-state index in [2.05, 4.69) is 417 Å². The molecule has 0 heteroatoms. The van der Waals surface area contributed by atoms with E-state index in [1.54, 1.807) is 0 Å². The van der Waals surface area contributed by atoms with E-state index in [0.29, 0.717) is 0 Å². The fourth-order valence-electron chi connectivity index (χ4n) is 16.8. The number of hydrogen-bond donors (Lipinski definition) is 0. The van der Waals surface area contributed by atoms with Crippen molar-refractivity contribution < 1.29 is 0 Å². The zero-order valence-corrected chi connectivity index (χ0v) is 74.8. The molecule has 0 heterocycles. The average molecular weight is 1620 g/mol. The van der Waals surface area contributed by atoms with E-state index in [0.717, 1.165) is 0 Å². The normalized spacial score (nSPS) is 10.4. The van der Waals surface area contributed by atoms with Gasteiger partial charge >= 0.3 is 0 Å². The van der Waals surface area contributed by atoms with Crippen LogP contribution < -0.4 is 0 Å².